The van der Waals surface area contributed by atoms with Gasteiger partial charge >= 0.3 is 0 Å². The van der Waals surface area contributed by atoms with Gasteiger partial charge in [0.05, 0.1) is 0 Å². The van der Waals surface area contributed by atoms with Crippen LogP contribution in [0, 0.1) is 11.6 Å². The van der Waals surface area contributed by atoms with Crippen LogP contribution in [0.4, 0.5) is 14.7 Å². The van der Waals surface area contributed by atoms with E-state index in [1.165, 1.54) is 12.1 Å². The lowest BCUT2D eigenvalue weighted by Crippen LogP contribution is -1.97. The molecule has 0 bridgehead atoms. The van der Waals surface area contributed by atoms with Gasteiger partial charge in [-0.3, -0.25) is 0 Å². The Morgan fingerprint density at radius 1 is 1.29 bits per heavy atom. The largest absolute Gasteiger partial charge is 0.367 e. The van der Waals surface area contributed by atoms with Crippen molar-refractivity contribution in [3.8, 4) is 11.3 Å². The molecule has 0 radical (unpaired) electrons. The summed E-state index contributed by atoms with van der Waals surface area (Å²) < 4.78 is 31.6. The molecule has 2 rings (SSSR count). The zero-order valence-electron chi connectivity index (χ0n) is 9.50. The lowest BCUT2D eigenvalue weighted by Gasteiger charge is -2.06. The van der Waals surface area contributed by atoms with Crippen molar-refractivity contribution in [3.63, 3.8) is 0 Å². The molecule has 0 fully saturated rings. The Labute approximate surface area is 97.2 Å². The molecule has 0 aliphatic heterocycles. The highest BCUT2D eigenvalue weighted by Crippen LogP contribution is 2.34. The summed E-state index contributed by atoms with van der Waals surface area (Å²) in [6.07, 6.45) is 0. The molecule has 0 aliphatic carbocycles. The van der Waals surface area contributed by atoms with Crippen molar-refractivity contribution in [2.75, 3.05) is 5.73 Å². The highest BCUT2D eigenvalue weighted by Gasteiger charge is 2.21. The first-order valence-corrected chi connectivity index (χ1v) is 5.21. The van der Waals surface area contributed by atoms with Crippen molar-refractivity contribution < 1.29 is 13.3 Å². The molecule has 5 heteroatoms. The summed E-state index contributed by atoms with van der Waals surface area (Å²) in [7, 11) is 0. The van der Waals surface area contributed by atoms with Crippen molar-refractivity contribution in [1.29, 1.82) is 0 Å². The summed E-state index contributed by atoms with van der Waals surface area (Å²) in [6.45, 7) is 3.76. The van der Waals surface area contributed by atoms with Crippen LogP contribution < -0.4 is 5.73 Å². The summed E-state index contributed by atoms with van der Waals surface area (Å²) in [5, 5.41) is 3.70. The quantitative estimate of drug-likeness (QED) is 0.873. The average molecular weight is 238 g/mol. The third-order valence-electron chi connectivity index (χ3n) is 2.54. The SMILES string of the molecule is CC(C)c1c(-c2cccc(F)c2F)noc1N. The Kier molecular flexibility index (Phi) is 2.83. The third kappa shape index (κ3) is 1.88. The number of benzene rings is 1. The van der Waals surface area contributed by atoms with Gasteiger partial charge in [-0.1, -0.05) is 25.1 Å². The smallest absolute Gasteiger partial charge is 0.226 e. The summed E-state index contributed by atoms with van der Waals surface area (Å²) in [5.74, 6) is -1.71. The van der Waals surface area contributed by atoms with Gasteiger partial charge in [0.25, 0.3) is 0 Å². The minimum atomic E-state index is -0.942. The molecular formula is C12H12F2N2O. The van der Waals surface area contributed by atoms with E-state index in [2.05, 4.69) is 5.16 Å². The highest BCUT2D eigenvalue weighted by atomic mass is 19.2. The van der Waals surface area contributed by atoms with E-state index in [1.54, 1.807) is 0 Å². The van der Waals surface area contributed by atoms with E-state index in [-0.39, 0.29) is 23.1 Å². The first kappa shape index (κ1) is 11.6. The molecule has 0 atom stereocenters. The van der Waals surface area contributed by atoms with E-state index in [1.807, 2.05) is 13.8 Å². The van der Waals surface area contributed by atoms with Crippen molar-refractivity contribution >= 4 is 5.88 Å². The fourth-order valence-electron chi connectivity index (χ4n) is 1.75. The number of hydrogen-bond acceptors (Lipinski definition) is 3. The normalized spacial score (nSPS) is 11.1. The topological polar surface area (TPSA) is 52.0 Å². The first-order chi connectivity index (χ1) is 8.02. The molecule has 3 nitrogen and oxygen atoms in total. The predicted octanol–water partition coefficient (Wildman–Crippen LogP) is 3.33. The number of nitrogen functional groups attached to an aromatic ring is 1. The van der Waals surface area contributed by atoms with Crippen LogP contribution in [0.5, 0.6) is 0 Å². The van der Waals surface area contributed by atoms with Crippen LogP contribution in [-0.2, 0) is 0 Å². The maximum atomic E-state index is 13.6. The minimum Gasteiger partial charge on any atom is -0.367 e. The van der Waals surface area contributed by atoms with E-state index in [4.69, 9.17) is 10.3 Å². The Bertz CT molecular complexity index is 549. The van der Waals surface area contributed by atoms with Gasteiger partial charge in [-0.05, 0) is 18.1 Å². The van der Waals surface area contributed by atoms with Gasteiger partial charge in [-0.15, -0.1) is 0 Å². The van der Waals surface area contributed by atoms with E-state index in [9.17, 15) is 8.78 Å². The van der Waals surface area contributed by atoms with E-state index in [0.29, 0.717) is 5.56 Å². The van der Waals surface area contributed by atoms with E-state index < -0.39 is 11.6 Å². The van der Waals surface area contributed by atoms with Gasteiger partial charge in [-0.25, -0.2) is 8.78 Å². The lowest BCUT2D eigenvalue weighted by molar-refractivity contribution is 0.437. The van der Waals surface area contributed by atoms with Crippen LogP contribution in [0.3, 0.4) is 0 Å². The third-order valence-corrected chi connectivity index (χ3v) is 2.54. The molecule has 2 aromatic rings. The van der Waals surface area contributed by atoms with Crippen LogP contribution in [-0.4, -0.2) is 5.16 Å². The fourth-order valence-corrected chi connectivity index (χ4v) is 1.75. The number of halogens is 2. The van der Waals surface area contributed by atoms with Crippen molar-refractivity contribution in [3.05, 3.63) is 35.4 Å². The fraction of sp³-hybridized carbons (Fsp3) is 0.250. The van der Waals surface area contributed by atoms with Crippen LogP contribution >= 0.6 is 0 Å². The summed E-state index contributed by atoms with van der Waals surface area (Å²) >= 11 is 0. The average Bonchev–Trinajstić information content (AvgIpc) is 2.64. The van der Waals surface area contributed by atoms with E-state index >= 15 is 0 Å². The summed E-state index contributed by atoms with van der Waals surface area (Å²) in [5.41, 5.74) is 6.54. The molecule has 2 N–H and O–H groups in total. The maximum absolute atomic E-state index is 13.6. The first-order valence-electron chi connectivity index (χ1n) is 5.21. The van der Waals surface area contributed by atoms with Crippen molar-refractivity contribution in [2.24, 2.45) is 0 Å². The minimum absolute atomic E-state index is 0.0129. The van der Waals surface area contributed by atoms with Crippen molar-refractivity contribution in [1.82, 2.24) is 5.16 Å². The Balaban J connectivity index is 2.65. The van der Waals surface area contributed by atoms with Crippen LogP contribution in [0.25, 0.3) is 11.3 Å². The molecule has 17 heavy (non-hydrogen) atoms. The Morgan fingerprint density at radius 3 is 2.65 bits per heavy atom. The number of anilines is 1. The van der Waals surface area contributed by atoms with Gasteiger partial charge in [0, 0.05) is 11.1 Å². The van der Waals surface area contributed by atoms with Crippen LogP contribution in [0.2, 0.25) is 0 Å². The second-order valence-corrected chi connectivity index (χ2v) is 4.07. The number of rotatable bonds is 2. The second-order valence-electron chi connectivity index (χ2n) is 4.07. The Morgan fingerprint density at radius 2 is 2.00 bits per heavy atom. The zero-order chi connectivity index (χ0) is 12.6. The number of nitrogens with two attached hydrogens (primary N) is 1. The van der Waals surface area contributed by atoms with Gasteiger partial charge in [0.2, 0.25) is 5.88 Å². The molecule has 0 unspecified atom stereocenters. The van der Waals surface area contributed by atoms with Gasteiger partial charge in [0.15, 0.2) is 11.6 Å². The standard InChI is InChI=1S/C12H12F2N2O/c1-6(2)9-11(16-17-12(9)15)7-4-3-5-8(13)10(7)14/h3-6H,15H2,1-2H3. The molecule has 0 spiro atoms. The second kappa shape index (κ2) is 4.16. The monoisotopic (exact) mass is 238 g/mol. The molecule has 1 heterocycles. The molecule has 1 aromatic heterocycles. The number of hydrogen-bond donors (Lipinski definition) is 1. The van der Waals surface area contributed by atoms with E-state index in [0.717, 1.165) is 6.07 Å². The molecule has 0 saturated heterocycles. The zero-order valence-corrected chi connectivity index (χ0v) is 9.50. The summed E-state index contributed by atoms with van der Waals surface area (Å²) in [6, 6.07) is 3.92. The molecule has 1 aromatic carbocycles. The molecule has 0 saturated carbocycles. The number of nitrogens with zero attached hydrogens (tertiary/aromatic N) is 1. The summed E-state index contributed by atoms with van der Waals surface area (Å²) in [4.78, 5) is 0. The molecule has 90 valence electrons. The maximum Gasteiger partial charge on any atom is 0.226 e. The van der Waals surface area contributed by atoms with Gasteiger partial charge in [-0.2, -0.15) is 0 Å². The molecule has 0 amide bonds. The lowest BCUT2D eigenvalue weighted by atomic mass is 9.98. The molecule has 0 aliphatic rings. The molecular weight excluding hydrogens is 226 g/mol. The van der Waals surface area contributed by atoms with Gasteiger partial charge in [0.1, 0.15) is 5.69 Å². The number of aromatic nitrogens is 1. The highest BCUT2D eigenvalue weighted by molar-refractivity contribution is 5.68. The predicted molar refractivity (Wildman–Crippen MR) is 60.4 cm³/mol. The van der Waals surface area contributed by atoms with Crippen LogP contribution in [0.15, 0.2) is 22.7 Å². The Hall–Kier alpha value is -1.91. The van der Waals surface area contributed by atoms with Crippen LogP contribution in [0.1, 0.15) is 25.3 Å². The van der Waals surface area contributed by atoms with Crippen molar-refractivity contribution in [2.45, 2.75) is 19.8 Å². The van der Waals surface area contributed by atoms with Gasteiger partial charge < -0.3 is 10.3 Å².